The summed E-state index contributed by atoms with van der Waals surface area (Å²) in [5.74, 6) is -0.781. The number of aromatic amines is 1. The number of carbonyl (C=O) groups excluding carboxylic acids is 1. The van der Waals surface area contributed by atoms with Gasteiger partial charge in [0.1, 0.15) is 5.75 Å². The Bertz CT molecular complexity index is 1100. The summed E-state index contributed by atoms with van der Waals surface area (Å²) in [7, 11) is 1.52. The molecule has 3 heterocycles. The number of halogens is 1. The first kappa shape index (κ1) is 20.3. The van der Waals surface area contributed by atoms with Crippen LogP contribution in [0, 0.1) is 0 Å². The van der Waals surface area contributed by atoms with E-state index in [4.69, 9.17) is 21.1 Å². The van der Waals surface area contributed by atoms with Gasteiger partial charge < -0.3 is 24.5 Å². The van der Waals surface area contributed by atoms with E-state index in [1.165, 1.54) is 7.11 Å². The van der Waals surface area contributed by atoms with Crippen molar-refractivity contribution in [3.63, 3.8) is 0 Å². The molecule has 8 nitrogen and oxygen atoms in total. The van der Waals surface area contributed by atoms with Crippen LogP contribution in [0.2, 0.25) is 5.02 Å². The van der Waals surface area contributed by atoms with Crippen molar-refractivity contribution in [2.75, 3.05) is 39.9 Å². The lowest BCUT2D eigenvalue weighted by molar-refractivity contribution is -0.269. The molecule has 1 aromatic heterocycles. The van der Waals surface area contributed by atoms with Crippen molar-refractivity contribution in [2.24, 2.45) is 0 Å². The Kier molecular flexibility index (Phi) is 5.10. The Labute approximate surface area is 184 Å². The Morgan fingerprint density at radius 2 is 2.13 bits per heavy atom. The number of carbonyl (C=O) groups is 1. The van der Waals surface area contributed by atoms with E-state index in [-0.39, 0.29) is 25.1 Å². The Balaban J connectivity index is 1.31. The van der Waals surface area contributed by atoms with Crippen LogP contribution in [0.1, 0.15) is 16.2 Å². The van der Waals surface area contributed by atoms with Crippen molar-refractivity contribution in [3.05, 3.63) is 58.9 Å². The van der Waals surface area contributed by atoms with Crippen LogP contribution < -0.4 is 4.74 Å². The number of hydrogen-bond acceptors (Lipinski definition) is 6. The van der Waals surface area contributed by atoms with Gasteiger partial charge in [-0.1, -0.05) is 29.8 Å². The molecule has 2 atom stereocenters. The van der Waals surface area contributed by atoms with Gasteiger partial charge in [-0.2, -0.15) is 0 Å². The Morgan fingerprint density at radius 1 is 1.29 bits per heavy atom. The smallest absolute Gasteiger partial charge is 0.255 e. The van der Waals surface area contributed by atoms with Crippen molar-refractivity contribution in [3.8, 4) is 5.75 Å². The number of imidazole rings is 1. The minimum atomic E-state index is -1.52. The molecule has 2 aromatic carbocycles. The Morgan fingerprint density at radius 3 is 2.94 bits per heavy atom. The highest BCUT2D eigenvalue weighted by molar-refractivity contribution is 6.35. The molecule has 2 fully saturated rings. The van der Waals surface area contributed by atoms with Gasteiger partial charge in [-0.25, -0.2) is 4.98 Å². The van der Waals surface area contributed by atoms with Gasteiger partial charge in [0.2, 0.25) is 5.79 Å². The third-order valence-corrected chi connectivity index (χ3v) is 6.39. The maximum atomic E-state index is 13.1. The lowest BCUT2D eigenvalue weighted by Crippen LogP contribution is -2.63. The van der Waals surface area contributed by atoms with Crippen molar-refractivity contribution in [1.29, 1.82) is 0 Å². The molecule has 31 heavy (non-hydrogen) atoms. The number of hydrogen-bond donors (Lipinski definition) is 2. The van der Waals surface area contributed by atoms with Crippen LogP contribution >= 0.6 is 11.6 Å². The summed E-state index contributed by atoms with van der Waals surface area (Å²) in [4.78, 5) is 24.7. The molecule has 0 aliphatic carbocycles. The van der Waals surface area contributed by atoms with Crippen LogP contribution in [-0.2, 0) is 10.5 Å². The third-order valence-electron chi connectivity index (χ3n) is 6.00. The highest BCUT2D eigenvalue weighted by atomic mass is 35.5. The van der Waals surface area contributed by atoms with Crippen molar-refractivity contribution >= 4 is 28.5 Å². The molecular formula is C22H23ClN4O4. The third kappa shape index (κ3) is 3.55. The molecule has 2 aliphatic rings. The maximum absolute atomic E-state index is 13.1. The van der Waals surface area contributed by atoms with Crippen LogP contribution in [0.25, 0.3) is 11.0 Å². The molecule has 0 radical (unpaired) electrons. The average molecular weight is 443 g/mol. The molecule has 0 bridgehead atoms. The van der Waals surface area contributed by atoms with Gasteiger partial charge in [-0.3, -0.25) is 9.69 Å². The second-order valence-corrected chi connectivity index (χ2v) is 8.27. The highest BCUT2D eigenvalue weighted by Crippen LogP contribution is 2.32. The van der Waals surface area contributed by atoms with Crippen molar-refractivity contribution < 1.29 is 19.4 Å². The molecule has 9 heteroatoms. The summed E-state index contributed by atoms with van der Waals surface area (Å²) in [6.07, 6.45) is 0. The number of ether oxygens (including phenoxy) is 2. The molecule has 0 spiro atoms. The number of aromatic nitrogens is 2. The van der Waals surface area contributed by atoms with Crippen LogP contribution in [0.5, 0.6) is 5.75 Å². The number of nitrogens with one attached hydrogen (secondary N) is 1. The van der Waals surface area contributed by atoms with Gasteiger partial charge in [0, 0.05) is 19.6 Å². The second kappa shape index (κ2) is 7.80. The summed E-state index contributed by atoms with van der Waals surface area (Å²) in [5, 5.41) is 11.5. The summed E-state index contributed by atoms with van der Waals surface area (Å²) < 4.78 is 11.1. The summed E-state index contributed by atoms with van der Waals surface area (Å²) in [6.45, 7) is 2.19. The van der Waals surface area contributed by atoms with E-state index in [0.29, 0.717) is 41.8 Å². The first-order valence-electron chi connectivity index (χ1n) is 10.2. The fourth-order valence-electron chi connectivity index (χ4n) is 4.28. The number of benzene rings is 2. The highest BCUT2D eigenvalue weighted by Gasteiger charge is 2.45. The van der Waals surface area contributed by atoms with Crippen LogP contribution in [-0.4, -0.2) is 76.7 Å². The maximum Gasteiger partial charge on any atom is 0.255 e. The van der Waals surface area contributed by atoms with E-state index in [1.807, 2.05) is 24.3 Å². The molecule has 5 rings (SSSR count). The zero-order valence-electron chi connectivity index (χ0n) is 17.0. The second-order valence-electron chi connectivity index (χ2n) is 7.90. The SMILES string of the molecule is COc1cccc(C(=O)N2CCN3C[C@@](O)(c4nc5ccccc5[nH]4)OC[C@@H]3C2)c1Cl. The van der Waals surface area contributed by atoms with Gasteiger partial charge in [0.25, 0.3) is 5.91 Å². The minimum absolute atomic E-state index is 0.0215. The number of para-hydroxylation sites is 2. The van der Waals surface area contributed by atoms with E-state index < -0.39 is 5.79 Å². The van der Waals surface area contributed by atoms with E-state index >= 15 is 0 Å². The standard InChI is InChI=1S/C22H23ClN4O4/c1-30-18-8-4-5-15(19(18)23)20(28)26-9-10-27-13-22(29,31-12-14(27)11-26)21-24-16-6-2-3-7-17(16)25-21/h2-8,14,29H,9-13H2,1H3,(H,24,25)/t14-,22-/m0/s1. The number of piperazine rings is 1. The predicted octanol–water partition coefficient (Wildman–Crippen LogP) is 2.23. The van der Waals surface area contributed by atoms with Gasteiger partial charge in [-0.15, -0.1) is 0 Å². The van der Waals surface area contributed by atoms with Crippen molar-refractivity contribution in [1.82, 2.24) is 19.8 Å². The number of fused-ring (bicyclic) bond motifs is 2. The van der Waals surface area contributed by atoms with Gasteiger partial charge >= 0.3 is 0 Å². The molecule has 2 aliphatic heterocycles. The predicted molar refractivity (Wildman–Crippen MR) is 115 cm³/mol. The van der Waals surface area contributed by atoms with Crippen molar-refractivity contribution in [2.45, 2.75) is 11.8 Å². The largest absolute Gasteiger partial charge is 0.495 e. The first-order chi connectivity index (χ1) is 15.0. The van der Waals surface area contributed by atoms with Crippen LogP contribution in [0.3, 0.4) is 0 Å². The Hall–Kier alpha value is -2.65. The molecule has 2 N–H and O–H groups in total. The molecule has 2 saturated heterocycles. The zero-order chi connectivity index (χ0) is 21.6. The average Bonchev–Trinajstić information content (AvgIpc) is 3.24. The van der Waals surface area contributed by atoms with E-state index in [0.717, 1.165) is 11.0 Å². The molecule has 0 unspecified atom stereocenters. The van der Waals surface area contributed by atoms with Crippen LogP contribution in [0.4, 0.5) is 0 Å². The first-order valence-corrected chi connectivity index (χ1v) is 10.5. The molecule has 3 aromatic rings. The fourth-order valence-corrected chi connectivity index (χ4v) is 4.57. The number of H-pyrrole nitrogens is 1. The number of rotatable bonds is 3. The number of morpholine rings is 1. The topological polar surface area (TPSA) is 90.9 Å². The number of amides is 1. The molecular weight excluding hydrogens is 420 g/mol. The van der Waals surface area contributed by atoms with E-state index in [2.05, 4.69) is 14.9 Å². The summed E-state index contributed by atoms with van der Waals surface area (Å²) in [5.41, 5.74) is 2.05. The molecule has 1 amide bonds. The number of methoxy groups -OCH3 is 1. The van der Waals surface area contributed by atoms with Crippen LogP contribution in [0.15, 0.2) is 42.5 Å². The van der Waals surface area contributed by atoms with E-state index in [9.17, 15) is 9.90 Å². The minimum Gasteiger partial charge on any atom is -0.495 e. The van der Waals surface area contributed by atoms with Gasteiger partial charge in [-0.05, 0) is 24.3 Å². The molecule has 162 valence electrons. The summed E-state index contributed by atoms with van der Waals surface area (Å²) in [6, 6.07) is 12.8. The quantitative estimate of drug-likeness (QED) is 0.646. The number of nitrogens with zero attached hydrogens (tertiary/aromatic N) is 3. The number of aliphatic hydroxyl groups is 1. The van der Waals surface area contributed by atoms with E-state index in [1.54, 1.807) is 23.1 Å². The zero-order valence-corrected chi connectivity index (χ0v) is 17.8. The normalized spacial score (nSPS) is 24.2. The lowest BCUT2D eigenvalue weighted by Gasteiger charge is -2.48. The van der Waals surface area contributed by atoms with Gasteiger partial charge in [0.15, 0.2) is 5.82 Å². The fraction of sp³-hybridized carbons (Fsp3) is 0.364. The lowest BCUT2D eigenvalue weighted by atomic mass is 10.1. The summed E-state index contributed by atoms with van der Waals surface area (Å²) >= 11 is 6.35. The monoisotopic (exact) mass is 442 g/mol. The van der Waals surface area contributed by atoms with Gasteiger partial charge in [0.05, 0.1) is 47.9 Å². The molecule has 0 saturated carbocycles.